The van der Waals surface area contributed by atoms with E-state index in [0.29, 0.717) is 51.5 Å². The van der Waals surface area contributed by atoms with Crippen LogP contribution in [0.3, 0.4) is 0 Å². The first-order valence-electron chi connectivity index (χ1n) is 13.6. The minimum Gasteiger partial charge on any atom is -0.456 e. The van der Waals surface area contributed by atoms with Crippen LogP contribution < -0.4 is 9.47 Å². The van der Waals surface area contributed by atoms with Gasteiger partial charge < -0.3 is 9.47 Å². The number of aromatic nitrogens is 5. The largest absolute Gasteiger partial charge is 0.456 e. The van der Waals surface area contributed by atoms with Crippen LogP contribution >= 0.6 is 11.3 Å². The van der Waals surface area contributed by atoms with Crippen LogP contribution in [0.15, 0.2) is 121 Å². The number of terminal acetylenes is 1. The number of thiazole rings is 1. The van der Waals surface area contributed by atoms with Crippen molar-refractivity contribution in [2.45, 2.75) is 12.8 Å². The maximum atomic E-state index is 12.3. The van der Waals surface area contributed by atoms with Gasteiger partial charge in [-0.3, -0.25) is 29.5 Å². The summed E-state index contributed by atoms with van der Waals surface area (Å²) >= 11 is 1.36. The first-order valence-corrected chi connectivity index (χ1v) is 14.5. The minimum atomic E-state index is -0.139. The Balaban J connectivity index is 0.000000178. The topological polar surface area (TPSA) is 117 Å². The Labute approximate surface area is 263 Å². The van der Waals surface area contributed by atoms with Crippen molar-refractivity contribution in [3.63, 3.8) is 0 Å². The van der Waals surface area contributed by atoms with E-state index in [-0.39, 0.29) is 18.0 Å². The summed E-state index contributed by atoms with van der Waals surface area (Å²) in [6, 6.07) is 23.4. The van der Waals surface area contributed by atoms with Gasteiger partial charge in [-0.15, -0.1) is 17.8 Å². The molecule has 0 aliphatic carbocycles. The van der Waals surface area contributed by atoms with Crippen LogP contribution in [0.25, 0.3) is 0 Å². The SMILES string of the molecule is C#Cc1csc(CC(=O)c2cc(Oc3cccnc3)ccn2)n1.O=C(Cc1ccccc1)c1cc(Oc2cccnc2)ccn1. The van der Waals surface area contributed by atoms with Crippen molar-refractivity contribution < 1.29 is 19.1 Å². The molecule has 9 nitrogen and oxygen atoms in total. The highest BCUT2D eigenvalue weighted by Gasteiger charge is 2.13. The van der Waals surface area contributed by atoms with Gasteiger partial charge in [0.15, 0.2) is 11.6 Å². The molecular formula is C35H25N5O4S. The van der Waals surface area contributed by atoms with Crippen molar-refractivity contribution in [1.29, 1.82) is 0 Å². The van der Waals surface area contributed by atoms with Gasteiger partial charge in [0.25, 0.3) is 0 Å². The standard InChI is InChI=1S/C18H14N2O2.C17H11N3O2S/c21-18(11-14-5-2-1-3-6-14)17-12-15(8-10-20-17)22-16-7-4-9-19-13-16;1-2-12-11-23-17(20-12)9-16(21)15-8-13(5-7-19-15)22-14-4-3-6-18-10-14/h1-10,12-13H,11H2;1,3-8,10-11H,9H2. The van der Waals surface area contributed by atoms with E-state index in [1.54, 1.807) is 84.9 Å². The quantitative estimate of drug-likeness (QED) is 0.121. The molecule has 45 heavy (non-hydrogen) atoms. The summed E-state index contributed by atoms with van der Waals surface area (Å²) in [6.45, 7) is 0. The van der Waals surface area contributed by atoms with E-state index >= 15 is 0 Å². The molecule has 0 saturated heterocycles. The highest BCUT2D eigenvalue weighted by molar-refractivity contribution is 7.09. The van der Waals surface area contributed by atoms with Crippen molar-refractivity contribution >= 4 is 22.9 Å². The van der Waals surface area contributed by atoms with E-state index in [4.69, 9.17) is 15.9 Å². The van der Waals surface area contributed by atoms with E-state index in [1.807, 2.05) is 30.3 Å². The molecule has 5 aromatic heterocycles. The zero-order chi connectivity index (χ0) is 31.3. The first kappa shape index (κ1) is 30.4. The second-order valence-corrected chi connectivity index (χ2v) is 10.2. The van der Waals surface area contributed by atoms with Crippen LogP contribution in [0.1, 0.15) is 37.2 Å². The number of Topliss-reactive ketones (excluding diaryl/α,β-unsaturated/α-hetero) is 2. The Morgan fingerprint density at radius 3 is 1.78 bits per heavy atom. The Kier molecular flexibility index (Phi) is 10.4. The molecule has 1 aromatic carbocycles. The fourth-order valence-electron chi connectivity index (χ4n) is 3.90. The summed E-state index contributed by atoms with van der Waals surface area (Å²) in [6.07, 6.45) is 15.4. The molecule has 0 aliphatic heterocycles. The maximum Gasteiger partial charge on any atom is 0.188 e. The van der Waals surface area contributed by atoms with Crippen LogP contribution in [-0.4, -0.2) is 36.5 Å². The third-order valence-corrected chi connectivity index (χ3v) is 6.84. The number of benzene rings is 1. The predicted molar refractivity (Wildman–Crippen MR) is 170 cm³/mol. The lowest BCUT2D eigenvalue weighted by atomic mass is 10.1. The molecule has 0 unspecified atom stereocenters. The molecule has 0 radical (unpaired) electrons. The Morgan fingerprint density at radius 1 is 0.689 bits per heavy atom. The lowest BCUT2D eigenvalue weighted by Crippen LogP contribution is -2.06. The second-order valence-electron chi connectivity index (χ2n) is 9.29. The zero-order valence-electron chi connectivity index (χ0n) is 23.8. The molecule has 10 heteroatoms. The van der Waals surface area contributed by atoms with Crippen molar-refractivity contribution in [2.75, 3.05) is 0 Å². The lowest BCUT2D eigenvalue weighted by molar-refractivity contribution is 0.0980. The molecular weight excluding hydrogens is 586 g/mol. The minimum absolute atomic E-state index is 0.0390. The first-order chi connectivity index (χ1) is 22.1. The fraction of sp³-hybridized carbons (Fsp3) is 0.0571. The number of carbonyl (C=O) groups excluding carboxylic acids is 2. The Hall–Kier alpha value is -6.05. The summed E-state index contributed by atoms with van der Waals surface area (Å²) in [5.41, 5.74) is 2.22. The van der Waals surface area contributed by atoms with Crippen molar-refractivity contribution in [1.82, 2.24) is 24.9 Å². The molecule has 0 N–H and O–H groups in total. The number of hydrogen-bond donors (Lipinski definition) is 0. The summed E-state index contributed by atoms with van der Waals surface area (Å²) in [7, 11) is 0. The summed E-state index contributed by atoms with van der Waals surface area (Å²) in [5, 5.41) is 2.42. The summed E-state index contributed by atoms with van der Waals surface area (Å²) in [5.74, 6) is 4.58. The number of carbonyl (C=O) groups is 2. The van der Waals surface area contributed by atoms with E-state index in [1.165, 1.54) is 17.5 Å². The van der Waals surface area contributed by atoms with Gasteiger partial charge in [-0.2, -0.15) is 0 Å². The average molecular weight is 612 g/mol. The predicted octanol–water partition coefficient (Wildman–Crippen LogP) is 6.83. The van der Waals surface area contributed by atoms with E-state index in [9.17, 15) is 9.59 Å². The number of ketones is 2. The van der Waals surface area contributed by atoms with Crippen LogP contribution in [0.4, 0.5) is 0 Å². The number of ether oxygens (including phenoxy) is 2. The number of pyridine rings is 4. The van der Waals surface area contributed by atoms with Crippen LogP contribution in [0, 0.1) is 12.3 Å². The summed E-state index contributed by atoms with van der Waals surface area (Å²) < 4.78 is 11.3. The maximum absolute atomic E-state index is 12.3. The van der Waals surface area contributed by atoms with Gasteiger partial charge in [-0.1, -0.05) is 30.3 Å². The van der Waals surface area contributed by atoms with Crippen molar-refractivity contribution in [3.05, 3.63) is 149 Å². The van der Waals surface area contributed by atoms with Gasteiger partial charge in [0.05, 0.1) is 18.8 Å². The van der Waals surface area contributed by atoms with Crippen molar-refractivity contribution in [2.24, 2.45) is 0 Å². The molecule has 0 atom stereocenters. The number of hydrogen-bond acceptors (Lipinski definition) is 10. The van der Waals surface area contributed by atoms with Crippen LogP contribution in [0.2, 0.25) is 0 Å². The van der Waals surface area contributed by atoms with E-state index in [0.717, 1.165) is 5.56 Å². The van der Waals surface area contributed by atoms with Crippen molar-refractivity contribution in [3.8, 4) is 35.3 Å². The van der Waals surface area contributed by atoms with E-state index < -0.39 is 0 Å². The molecule has 0 bridgehead atoms. The van der Waals surface area contributed by atoms with Gasteiger partial charge in [-0.05, 0) is 47.9 Å². The zero-order valence-corrected chi connectivity index (χ0v) is 24.6. The number of rotatable bonds is 10. The fourth-order valence-corrected chi connectivity index (χ4v) is 4.63. The third kappa shape index (κ3) is 9.22. The molecule has 220 valence electrons. The molecule has 0 amide bonds. The molecule has 6 rings (SSSR count). The third-order valence-electron chi connectivity index (χ3n) is 5.99. The van der Waals surface area contributed by atoms with Gasteiger partial charge in [0.1, 0.15) is 45.1 Å². The van der Waals surface area contributed by atoms with Crippen LogP contribution in [0.5, 0.6) is 23.0 Å². The average Bonchev–Trinajstić information content (AvgIpc) is 3.54. The molecule has 6 aromatic rings. The smallest absolute Gasteiger partial charge is 0.188 e. The van der Waals surface area contributed by atoms with Gasteiger partial charge in [-0.25, -0.2) is 4.98 Å². The molecule has 0 fully saturated rings. The van der Waals surface area contributed by atoms with Crippen LogP contribution in [-0.2, 0) is 12.8 Å². The highest BCUT2D eigenvalue weighted by atomic mass is 32.1. The molecule has 0 aliphatic rings. The Bertz CT molecular complexity index is 1910. The second kappa shape index (κ2) is 15.4. The van der Waals surface area contributed by atoms with Gasteiger partial charge in [0.2, 0.25) is 0 Å². The van der Waals surface area contributed by atoms with Gasteiger partial charge in [0, 0.05) is 48.7 Å². The monoisotopic (exact) mass is 611 g/mol. The van der Waals surface area contributed by atoms with E-state index in [2.05, 4.69) is 30.8 Å². The Morgan fingerprint density at radius 2 is 1.27 bits per heavy atom. The molecule has 0 saturated carbocycles. The normalized spacial score (nSPS) is 10.1. The lowest BCUT2D eigenvalue weighted by Gasteiger charge is -2.06. The summed E-state index contributed by atoms with van der Waals surface area (Å²) in [4.78, 5) is 45.0. The molecule has 0 spiro atoms. The number of nitrogens with zero attached hydrogens (tertiary/aromatic N) is 5. The molecule has 5 heterocycles. The van der Waals surface area contributed by atoms with Gasteiger partial charge >= 0.3 is 0 Å². The highest BCUT2D eigenvalue weighted by Crippen LogP contribution is 2.22.